The summed E-state index contributed by atoms with van der Waals surface area (Å²) in [6, 6.07) is 14.4. The predicted octanol–water partition coefficient (Wildman–Crippen LogP) is 5.60. The van der Waals surface area contributed by atoms with E-state index in [2.05, 4.69) is 41.9 Å². The number of rotatable bonds is 5. The molecule has 2 heterocycles. The van der Waals surface area contributed by atoms with Crippen molar-refractivity contribution in [1.82, 2.24) is 0 Å². The molecule has 0 radical (unpaired) electrons. The van der Waals surface area contributed by atoms with Crippen LogP contribution in [0.4, 0.5) is 5.69 Å². The second-order valence-corrected chi connectivity index (χ2v) is 7.81. The molecule has 0 saturated heterocycles. The Morgan fingerprint density at radius 2 is 1.93 bits per heavy atom. The molecular formula is C23H23NO3S. The van der Waals surface area contributed by atoms with Crippen molar-refractivity contribution in [3.05, 3.63) is 63.8 Å². The van der Waals surface area contributed by atoms with Crippen LogP contribution in [0.2, 0.25) is 0 Å². The van der Waals surface area contributed by atoms with Crippen LogP contribution in [0.5, 0.6) is 11.5 Å². The van der Waals surface area contributed by atoms with Crippen LogP contribution in [0.1, 0.15) is 35.3 Å². The smallest absolute Gasteiger partial charge is 0.225 e. The number of amides is 1. The number of aryl methyl sites for hydroxylation is 1. The summed E-state index contributed by atoms with van der Waals surface area (Å²) in [6.45, 7) is 4.60. The van der Waals surface area contributed by atoms with E-state index in [1.807, 2.05) is 25.1 Å². The molecule has 28 heavy (non-hydrogen) atoms. The lowest BCUT2D eigenvalue weighted by Crippen LogP contribution is -2.22. The van der Waals surface area contributed by atoms with E-state index in [1.54, 1.807) is 18.4 Å². The first-order valence-corrected chi connectivity index (χ1v) is 10.3. The topological polar surface area (TPSA) is 47.6 Å². The molecule has 4 nitrogen and oxygen atoms in total. The number of carbonyl (C=O) groups is 1. The minimum atomic E-state index is 0.0116. The van der Waals surface area contributed by atoms with Crippen LogP contribution in [0.15, 0.2) is 47.8 Å². The molecule has 0 fully saturated rings. The molecule has 1 amide bonds. The Kier molecular flexibility index (Phi) is 5.09. The van der Waals surface area contributed by atoms with Crippen molar-refractivity contribution in [2.45, 2.75) is 26.2 Å². The standard InChI is InChI=1S/C23H23NO3S/c1-4-27-19-10-9-16(11-20(19)26-3)17-12-21(25)24-22-18(13-28-23(17)22)15-7-5-14(2)6-8-15/h5-11,13,17H,4,12H2,1-3H3,(H,24,25)/t17-/m1/s1. The number of anilines is 1. The molecule has 5 heteroatoms. The summed E-state index contributed by atoms with van der Waals surface area (Å²) >= 11 is 1.70. The first kappa shape index (κ1) is 18.6. The number of nitrogens with one attached hydrogen (secondary N) is 1. The molecule has 2 aromatic carbocycles. The molecule has 1 aromatic heterocycles. The van der Waals surface area contributed by atoms with Gasteiger partial charge >= 0.3 is 0 Å². The van der Waals surface area contributed by atoms with E-state index in [1.165, 1.54) is 10.4 Å². The van der Waals surface area contributed by atoms with E-state index in [-0.39, 0.29) is 11.8 Å². The van der Waals surface area contributed by atoms with Crippen LogP contribution in [0.3, 0.4) is 0 Å². The molecule has 0 aliphatic carbocycles. The van der Waals surface area contributed by atoms with Crippen molar-refractivity contribution in [2.75, 3.05) is 19.0 Å². The number of methoxy groups -OCH3 is 1. The summed E-state index contributed by atoms with van der Waals surface area (Å²) in [5.41, 5.74) is 5.41. The quantitative estimate of drug-likeness (QED) is 0.613. The highest BCUT2D eigenvalue weighted by Crippen LogP contribution is 2.47. The highest BCUT2D eigenvalue weighted by atomic mass is 32.1. The normalized spacial score (nSPS) is 15.7. The van der Waals surface area contributed by atoms with Crippen LogP contribution in [-0.4, -0.2) is 19.6 Å². The van der Waals surface area contributed by atoms with Gasteiger partial charge in [-0.3, -0.25) is 4.79 Å². The number of carbonyl (C=O) groups excluding carboxylic acids is 1. The average Bonchev–Trinajstić information content (AvgIpc) is 3.12. The Morgan fingerprint density at radius 1 is 1.14 bits per heavy atom. The van der Waals surface area contributed by atoms with Gasteiger partial charge in [-0.25, -0.2) is 0 Å². The number of thiophene rings is 1. The number of ether oxygens (including phenoxy) is 2. The van der Waals surface area contributed by atoms with Crippen LogP contribution in [0.25, 0.3) is 11.1 Å². The van der Waals surface area contributed by atoms with Crippen LogP contribution >= 0.6 is 11.3 Å². The first-order chi connectivity index (χ1) is 13.6. The number of hydrogen-bond donors (Lipinski definition) is 1. The highest BCUT2D eigenvalue weighted by molar-refractivity contribution is 7.11. The molecule has 144 valence electrons. The minimum absolute atomic E-state index is 0.0116. The van der Waals surface area contributed by atoms with Crippen molar-refractivity contribution in [1.29, 1.82) is 0 Å². The summed E-state index contributed by atoms with van der Waals surface area (Å²) in [6.07, 6.45) is 0.429. The zero-order valence-corrected chi connectivity index (χ0v) is 17.1. The third kappa shape index (κ3) is 3.38. The number of hydrogen-bond acceptors (Lipinski definition) is 4. The van der Waals surface area contributed by atoms with Gasteiger partial charge in [-0.05, 0) is 37.1 Å². The largest absolute Gasteiger partial charge is 0.493 e. The molecule has 3 aromatic rings. The minimum Gasteiger partial charge on any atom is -0.493 e. The summed E-state index contributed by atoms with van der Waals surface area (Å²) in [4.78, 5) is 13.7. The zero-order chi connectivity index (χ0) is 19.7. The zero-order valence-electron chi connectivity index (χ0n) is 16.2. The summed E-state index contributed by atoms with van der Waals surface area (Å²) in [5.74, 6) is 1.47. The van der Waals surface area contributed by atoms with Gasteiger partial charge in [0.2, 0.25) is 5.91 Å². The molecule has 0 saturated carbocycles. The second kappa shape index (κ2) is 7.68. The number of benzene rings is 2. The maximum Gasteiger partial charge on any atom is 0.225 e. The molecule has 0 unspecified atom stereocenters. The molecule has 4 rings (SSSR count). The van der Waals surface area contributed by atoms with E-state index in [0.29, 0.717) is 18.8 Å². The summed E-state index contributed by atoms with van der Waals surface area (Å²) < 4.78 is 11.1. The van der Waals surface area contributed by atoms with Crippen molar-refractivity contribution in [3.63, 3.8) is 0 Å². The lowest BCUT2D eigenvalue weighted by molar-refractivity contribution is -0.116. The van der Waals surface area contributed by atoms with E-state index in [9.17, 15) is 4.79 Å². The van der Waals surface area contributed by atoms with Gasteiger partial charge in [0.1, 0.15) is 0 Å². The fourth-order valence-corrected chi connectivity index (χ4v) is 4.78. The Balaban J connectivity index is 1.76. The van der Waals surface area contributed by atoms with E-state index in [4.69, 9.17) is 9.47 Å². The van der Waals surface area contributed by atoms with Gasteiger partial charge in [0.05, 0.1) is 19.4 Å². The van der Waals surface area contributed by atoms with Crippen LogP contribution in [0, 0.1) is 6.92 Å². The van der Waals surface area contributed by atoms with Crippen molar-refractivity contribution < 1.29 is 14.3 Å². The van der Waals surface area contributed by atoms with E-state index >= 15 is 0 Å². The predicted molar refractivity (Wildman–Crippen MR) is 114 cm³/mol. The van der Waals surface area contributed by atoms with Crippen LogP contribution in [-0.2, 0) is 4.79 Å². The molecule has 0 spiro atoms. The van der Waals surface area contributed by atoms with Crippen LogP contribution < -0.4 is 14.8 Å². The third-order valence-corrected chi connectivity index (χ3v) is 6.14. The van der Waals surface area contributed by atoms with E-state index in [0.717, 1.165) is 28.1 Å². The average molecular weight is 394 g/mol. The monoisotopic (exact) mass is 393 g/mol. The van der Waals surface area contributed by atoms with Crippen molar-refractivity contribution in [3.8, 4) is 22.6 Å². The van der Waals surface area contributed by atoms with Gasteiger partial charge in [0, 0.05) is 28.2 Å². The van der Waals surface area contributed by atoms with Gasteiger partial charge < -0.3 is 14.8 Å². The van der Waals surface area contributed by atoms with Crippen molar-refractivity contribution in [2.24, 2.45) is 0 Å². The number of fused-ring (bicyclic) bond motifs is 1. The molecule has 1 aliphatic rings. The fourth-order valence-electron chi connectivity index (χ4n) is 3.62. The summed E-state index contributed by atoms with van der Waals surface area (Å²) in [7, 11) is 1.64. The molecule has 1 atom stereocenters. The molecular weight excluding hydrogens is 370 g/mol. The maximum absolute atomic E-state index is 12.5. The lowest BCUT2D eigenvalue weighted by atomic mass is 9.89. The van der Waals surface area contributed by atoms with Gasteiger partial charge in [0.25, 0.3) is 0 Å². The SMILES string of the molecule is CCOc1ccc([C@H]2CC(=O)Nc3c(-c4ccc(C)cc4)csc32)cc1OC. The van der Waals surface area contributed by atoms with Gasteiger partial charge in [-0.2, -0.15) is 0 Å². The lowest BCUT2D eigenvalue weighted by Gasteiger charge is -2.24. The van der Waals surface area contributed by atoms with Gasteiger partial charge in [-0.15, -0.1) is 11.3 Å². The van der Waals surface area contributed by atoms with Gasteiger partial charge in [0.15, 0.2) is 11.5 Å². The fraction of sp³-hybridized carbons (Fsp3) is 0.261. The maximum atomic E-state index is 12.5. The van der Waals surface area contributed by atoms with Crippen molar-refractivity contribution >= 4 is 22.9 Å². The first-order valence-electron chi connectivity index (χ1n) is 9.39. The van der Waals surface area contributed by atoms with E-state index < -0.39 is 0 Å². The Morgan fingerprint density at radius 3 is 2.64 bits per heavy atom. The van der Waals surface area contributed by atoms with Gasteiger partial charge in [-0.1, -0.05) is 35.9 Å². The Bertz CT molecular complexity index is 1010. The third-order valence-electron chi connectivity index (χ3n) is 5.04. The molecule has 0 bridgehead atoms. The highest BCUT2D eigenvalue weighted by Gasteiger charge is 2.31. The second-order valence-electron chi connectivity index (χ2n) is 6.90. The Hall–Kier alpha value is -2.79. The molecule has 1 N–H and O–H groups in total. The Labute approximate surface area is 169 Å². The molecule has 1 aliphatic heterocycles. The summed E-state index contributed by atoms with van der Waals surface area (Å²) in [5, 5.41) is 5.24.